The van der Waals surface area contributed by atoms with Crippen molar-refractivity contribution in [2.24, 2.45) is 0 Å². The third-order valence-electron chi connectivity index (χ3n) is 2.53. The first-order valence-electron chi connectivity index (χ1n) is 5.58. The average Bonchev–Trinajstić information content (AvgIpc) is 2.36. The van der Waals surface area contributed by atoms with Crippen LogP contribution in [0.25, 0.3) is 0 Å². The quantitative estimate of drug-likeness (QED) is 0.683. The molecule has 0 spiro atoms. The van der Waals surface area contributed by atoms with Gasteiger partial charge in [-0.15, -0.1) is 0 Å². The number of hydrogen-bond donors (Lipinski definition) is 0. The Balaban J connectivity index is 2.25. The van der Waals surface area contributed by atoms with Gasteiger partial charge < -0.3 is 4.74 Å². The first-order valence-corrected chi connectivity index (χ1v) is 9.02. The molecule has 0 fully saturated rings. The molecule has 0 unspecified atom stereocenters. The van der Waals surface area contributed by atoms with Crippen LogP contribution in [0.4, 0.5) is 0 Å². The van der Waals surface area contributed by atoms with Crippen LogP contribution in [0.2, 0.25) is 15.1 Å². The molecule has 2 aromatic carbocycles. The van der Waals surface area contributed by atoms with Crippen LogP contribution in [-0.4, -0.2) is 8.42 Å². The Morgan fingerprint density at radius 2 is 1.62 bits per heavy atom. The highest BCUT2D eigenvalue weighted by Crippen LogP contribution is 2.36. The smallest absolute Gasteiger partial charge is 0.261 e. The van der Waals surface area contributed by atoms with Gasteiger partial charge in [-0.25, -0.2) is 8.42 Å². The average molecular weight is 386 g/mol. The van der Waals surface area contributed by atoms with Crippen LogP contribution in [-0.2, 0) is 15.7 Å². The molecule has 0 amide bonds. The minimum atomic E-state index is -3.91. The van der Waals surface area contributed by atoms with Crippen LogP contribution in [0.3, 0.4) is 0 Å². The van der Waals surface area contributed by atoms with Crippen molar-refractivity contribution < 1.29 is 13.2 Å². The molecule has 2 aromatic rings. The molecule has 0 aliphatic rings. The lowest BCUT2D eigenvalue weighted by atomic mass is 10.2. The first kappa shape index (κ1) is 16.7. The highest BCUT2D eigenvalue weighted by Gasteiger charge is 2.17. The van der Waals surface area contributed by atoms with Gasteiger partial charge in [0.2, 0.25) is 0 Å². The fourth-order valence-corrected chi connectivity index (χ4v) is 3.32. The molecule has 3 nitrogen and oxygen atoms in total. The zero-order chi connectivity index (χ0) is 15.6. The van der Waals surface area contributed by atoms with E-state index in [1.807, 2.05) is 6.07 Å². The van der Waals surface area contributed by atoms with E-state index in [2.05, 4.69) is 0 Å². The van der Waals surface area contributed by atoms with E-state index in [0.29, 0.717) is 5.02 Å². The highest BCUT2D eigenvalue weighted by molar-refractivity contribution is 8.13. The number of halogens is 4. The van der Waals surface area contributed by atoms with Crippen LogP contribution in [0.15, 0.2) is 41.3 Å². The van der Waals surface area contributed by atoms with E-state index in [4.69, 9.17) is 50.2 Å². The number of hydrogen-bond acceptors (Lipinski definition) is 3. The summed E-state index contributed by atoms with van der Waals surface area (Å²) >= 11 is 17.8. The van der Waals surface area contributed by atoms with Crippen molar-refractivity contribution in [3.63, 3.8) is 0 Å². The maximum absolute atomic E-state index is 11.3. The normalized spacial score (nSPS) is 11.4. The molecule has 2 rings (SSSR count). The second-order valence-corrected chi connectivity index (χ2v) is 7.89. The molecular formula is C13H8Cl4O3S. The monoisotopic (exact) mass is 384 g/mol. The molecule has 8 heteroatoms. The topological polar surface area (TPSA) is 43.4 Å². The van der Waals surface area contributed by atoms with Crippen molar-refractivity contribution in [2.75, 3.05) is 0 Å². The van der Waals surface area contributed by atoms with E-state index < -0.39 is 9.05 Å². The van der Waals surface area contributed by atoms with Gasteiger partial charge in [0.1, 0.15) is 6.61 Å². The minimum Gasteiger partial charge on any atom is -0.486 e. The summed E-state index contributed by atoms with van der Waals surface area (Å²) in [4.78, 5) is -0.186. The standard InChI is InChI=1S/C13H8Cl4O3S/c14-9-3-1-2-8(4-9)7-20-13-11(15)5-10(6-12(13)16)21(17,18)19/h1-6H,7H2. The van der Waals surface area contributed by atoms with Gasteiger partial charge in [0.15, 0.2) is 5.75 Å². The lowest BCUT2D eigenvalue weighted by Gasteiger charge is -2.11. The summed E-state index contributed by atoms with van der Waals surface area (Å²) < 4.78 is 28.0. The zero-order valence-corrected chi connectivity index (χ0v) is 14.2. The first-order chi connectivity index (χ1) is 9.77. The Labute approximate surface area is 141 Å². The van der Waals surface area contributed by atoms with E-state index in [0.717, 1.165) is 5.56 Å². The summed E-state index contributed by atoms with van der Waals surface area (Å²) in [5.74, 6) is 0.183. The molecule has 0 aliphatic carbocycles. The molecule has 21 heavy (non-hydrogen) atoms. The highest BCUT2D eigenvalue weighted by atomic mass is 35.7. The molecule has 0 heterocycles. The van der Waals surface area contributed by atoms with Gasteiger partial charge >= 0.3 is 0 Å². The molecule has 0 radical (unpaired) electrons. The lowest BCUT2D eigenvalue weighted by molar-refractivity contribution is 0.306. The maximum Gasteiger partial charge on any atom is 0.261 e. The van der Waals surface area contributed by atoms with Crippen molar-refractivity contribution in [1.29, 1.82) is 0 Å². The predicted octanol–water partition coefficient (Wildman–Crippen LogP) is 5.15. The SMILES string of the molecule is O=S(=O)(Cl)c1cc(Cl)c(OCc2cccc(Cl)c2)c(Cl)c1. The second-order valence-electron chi connectivity index (χ2n) is 4.07. The number of benzene rings is 2. The Kier molecular flexibility index (Phi) is 5.28. The minimum absolute atomic E-state index is 0.0590. The number of rotatable bonds is 4. The van der Waals surface area contributed by atoms with Crippen molar-refractivity contribution in [1.82, 2.24) is 0 Å². The molecular weight excluding hydrogens is 378 g/mol. The van der Waals surface area contributed by atoms with Gasteiger partial charge in [0.25, 0.3) is 9.05 Å². The van der Waals surface area contributed by atoms with Crippen LogP contribution >= 0.6 is 45.5 Å². The Morgan fingerprint density at radius 3 is 2.14 bits per heavy atom. The fraction of sp³-hybridized carbons (Fsp3) is 0.0769. The van der Waals surface area contributed by atoms with Crippen molar-refractivity contribution >= 4 is 54.5 Å². The summed E-state index contributed by atoms with van der Waals surface area (Å²) in [5.41, 5.74) is 0.823. The van der Waals surface area contributed by atoms with Gasteiger partial charge in [-0.1, -0.05) is 46.9 Å². The molecule has 112 valence electrons. The van der Waals surface area contributed by atoms with Crippen LogP contribution < -0.4 is 4.74 Å². The van der Waals surface area contributed by atoms with Gasteiger partial charge in [0.05, 0.1) is 14.9 Å². The predicted molar refractivity (Wildman–Crippen MR) is 85.3 cm³/mol. The van der Waals surface area contributed by atoms with Gasteiger partial charge in [-0.3, -0.25) is 0 Å². The van der Waals surface area contributed by atoms with Crippen LogP contribution in [0, 0.1) is 0 Å². The van der Waals surface area contributed by atoms with Gasteiger partial charge in [0, 0.05) is 15.7 Å². The largest absolute Gasteiger partial charge is 0.486 e. The molecule has 0 N–H and O–H groups in total. The number of ether oxygens (including phenoxy) is 1. The molecule has 0 atom stereocenters. The maximum atomic E-state index is 11.3. The summed E-state index contributed by atoms with van der Waals surface area (Å²) in [6, 6.07) is 9.46. The molecule has 0 aromatic heterocycles. The van der Waals surface area contributed by atoms with Crippen LogP contribution in [0.5, 0.6) is 5.75 Å². The van der Waals surface area contributed by atoms with E-state index in [1.165, 1.54) is 12.1 Å². The van der Waals surface area contributed by atoms with E-state index >= 15 is 0 Å². The summed E-state index contributed by atoms with van der Waals surface area (Å²) in [6.45, 7) is 0.187. The van der Waals surface area contributed by atoms with Crippen molar-refractivity contribution in [3.05, 3.63) is 57.0 Å². The van der Waals surface area contributed by atoms with Gasteiger partial charge in [-0.2, -0.15) is 0 Å². The Bertz CT molecular complexity index is 752. The van der Waals surface area contributed by atoms with Crippen LogP contribution in [0.1, 0.15) is 5.56 Å². The van der Waals surface area contributed by atoms with Gasteiger partial charge in [-0.05, 0) is 29.8 Å². The van der Waals surface area contributed by atoms with E-state index in [-0.39, 0.29) is 27.3 Å². The van der Waals surface area contributed by atoms with Crippen molar-refractivity contribution in [3.8, 4) is 5.75 Å². The summed E-state index contributed by atoms with van der Waals surface area (Å²) in [7, 11) is 1.34. The Morgan fingerprint density at radius 1 is 1.00 bits per heavy atom. The summed E-state index contributed by atoms with van der Waals surface area (Å²) in [5, 5.41) is 0.699. The second kappa shape index (κ2) is 6.63. The molecule has 0 saturated carbocycles. The molecule has 0 aliphatic heterocycles. The van der Waals surface area contributed by atoms with E-state index in [1.54, 1.807) is 18.2 Å². The van der Waals surface area contributed by atoms with Crippen molar-refractivity contribution in [2.45, 2.75) is 11.5 Å². The lowest BCUT2D eigenvalue weighted by Crippen LogP contribution is -1.98. The third-order valence-corrected chi connectivity index (χ3v) is 4.66. The zero-order valence-electron chi connectivity index (χ0n) is 10.3. The fourth-order valence-electron chi connectivity index (χ4n) is 1.60. The summed E-state index contributed by atoms with van der Waals surface area (Å²) in [6.07, 6.45) is 0. The Hall–Kier alpha value is -0.650. The molecule has 0 bridgehead atoms. The van der Waals surface area contributed by atoms with E-state index in [9.17, 15) is 8.42 Å². The molecule has 0 saturated heterocycles. The third kappa shape index (κ3) is 4.41.